The van der Waals surface area contributed by atoms with Gasteiger partial charge >= 0.3 is 6.36 Å². The molecule has 3 aromatic rings. The van der Waals surface area contributed by atoms with Gasteiger partial charge in [-0.1, -0.05) is 24.3 Å². The SMILES string of the molecule is Cn1cnc(C(=O)N(Cc2cccc(OC(F)(F)F)c2)CC2C3CN(Cc4ccc(C#N)cc4)CC32)c1. The van der Waals surface area contributed by atoms with Crippen LogP contribution in [0.5, 0.6) is 5.75 Å². The van der Waals surface area contributed by atoms with E-state index in [1.165, 1.54) is 18.2 Å². The number of ether oxygens (including phenoxy) is 1. The third-order valence-electron chi connectivity index (χ3n) is 7.08. The van der Waals surface area contributed by atoms with E-state index >= 15 is 0 Å². The average Bonchev–Trinajstić information content (AvgIpc) is 3.16. The Morgan fingerprint density at radius 2 is 1.89 bits per heavy atom. The van der Waals surface area contributed by atoms with Gasteiger partial charge in [0.15, 0.2) is 0 Å². The number of benzene rings is 2. The third-order valence-corrected chi connectivity index (χ3v) is 7.08. The fourth-order valence-corrected chi connectivity index (χ4v) is 5.30. The maximum atomic E-state index is 13.3. The summed E-state index contributed by atoms with van der Waals surface area (Å²) in [5.74, 6) is 0.716. The number of nitriles is 1. The van der Waals surface area contributed by atoms with E-state index < -0.39 is 6.36 Å². The van der Waals surface area contributed by atoms with Crippen LogP contribution in [0.25, 0.3) is 0 Å². The minimum atomic E-state index is -4.78. The van der Waals surface area contributed by atoms with Crippen molar-refractivity contribution in [2.24, 2.45) is 24.8 Å². The minimum Gasteiger partial charge on any atom is -0.406 e. The molecule has 0 spiro atoms. The zero-order valence-corrected chi connectivity index (χ0v) is 20.2. The van der Waals surface area contributed by atoms with Gasteiger partial charge < -0.3 is 14.2 Å². The predicted molar refractivity (Wildman–Crippen MR) is 128 cm³/mol. The maximum absolute atomic E-state index is 13.3. The topological polar surface area (TPSA) is 74.4 Å². The normalized spacial score (nSPS) is 20.8. The molecule has 0 bridgehead atoms. The summed E-state index contributed by atoms with van der Waals surface area (Å²) in [6.45, 7) is 3.34. The second kappa shape index (κ2) is 9.90. The number of fused-ring (bicyclic) bond motifs is 1. The van der Waals surface area contributed by atoms with Gasteiger partial charge in [0, 0.05) is 46.0 Å². The van der Waals surface area contributed by atoms with Crippen LogP contribution < -0.4 is 4.74 Å². The Morgan fingerprint density at radius 1 is 1.16 bits per heavy atom. The third kappa shape index (κ3) is 5.94. The van der Waals surface area contributed by atoms with Crippen LogP contribution >= 0.6 is 0 Å². The molecule has 0 N–H and O–H groups in total. The highest BCUT2D eigenvalue weighted by Gasteiger charge is 2.55. The molecule has 2 heterocycles. The fraction of sp³-hybridized carbons (Fsp3) is 0.370. The van der Waals surface area contributed by atoms with Crippen molar-refractivity contribution in [2.75, 3.05) is 19.6 Å². The van der Waals surface area contributed by atoms with Gasteiger partial charge in [0.2, 0.25) is 0 Å². The molecule has 10 heteroatoms. The summed E-state index contributed by atoms with van der Waals surface area (Å²) >= 11 is 0. The number of carbonyl (C=O) groups is 1. The number of nitrogens with zero attached hydrogens (tertiary/aromatic N) is 5. The summed E-state index contributed by atoms with van der Waals surface area (Å²) in [6, 6.07) is 15.5. The Kier molecular flexibility index (Phi) is 6.65. The molecule has 1 saturated carbocycles. The van der Waals surface area contributed by atoms with Gasteiger partial charge in [-0.2, -0.15) is 5.26 Å². The number of hydrogen-bond acceptors (Lipinski definition) is 5. The van der Waals surface area contributed by atoms with Gasteiger partial charge in [-0.15, -0.1) is 13.2 Å². The van der Waals surface area contributed by atoms with Gasteiger partial charge in [-0.05, 0) is 53.1 Å². The van der Waals surface area contributed by atoms with E-state index in [0.29, 0.717) is 41.1 Å². The van der Waals surface area contributed by atoms with Crippen LogP contribution in [0.15, 0.2) is 61.1 Å². The van der Waals surface area contributed by atoms with Gasteiger partial charge in [-0.25, -0.2) is 4.98 Å². The molecule has 0 radical (unpaired) electrons. The highest BCUT2D eigenvalue weighted by molar-refractivity contribution is 5.92. The molecule has 1 saturated heterocycles. The number of piperidine rings is 1. The molecular weight excluding hydrogens is 483 g/mol. The summed E-state index contributed by atoms with van der Waals surface area (Å²) in [5.41, 5.74) is 2.66. The number of hydrogen-bond donors (Lipinski definition) is 0. The van der Waals surface area contributed by atoms with E-state index in [9.17, 15) is 18.0 Å². The number of rotatable bonds is 8. The molecule has 2 fully saturated rings. The van der Waals surface area contributed by atoms with E-state index in [1.807, 2.05) is 24.3 Å². The smallest absolute Gasteiger partial charge is 0.406 e. The Hall–Kier alpha value is -3.84. The molecule has 2 unspecified atom stereocenters. The fourth-order valence-electron chi connectivity index (χ4n) is 5.30. The molecule has 7 nitrogen and oxygen atoms in total. The van der Waals surface area contributed by atoms with Crippen molar-refractivity contribution in [3.63, 3.8) is 0 Å². The van der Waals surface area contributed by atoms with E-state index in [0.717, 1.165) is 25.2 Å². The zero-order valence-electron chi connectivity index (χ0n) is 20.2. The van der Waals surface area contributed by atoms with E-state index in [-0.39, 0.29) is 18.2 Å². The first-order valence-corrected chi connectivity index (χ1v) is 12.0. The second-order valence-electron chi connectivity index (χ2n) is 9.80. The molecule has 2 atom stereocenters. The highest BCUT2D eigenvalue weighted by Crippen LogP contribution is 2.52. The van der Waals surface area contributed by atoms with Crippen molar-refractivity contribution >= 4 is 5.91 Å². The number of amides is 1. The van der Waals surface area contributed by atoms with Crippen LogP contribution in [-0.4, -0.2) is 51.3 Å². The van der Waals surface area contributed by atoms with Crippen LogP contribution in [-0.2, 0) is 20.1 Å². The summed E-state index contributed by atoms with van der Waals surface area (Å²) in [7, 11) is 1.78. The largest absolute Gasteiger partial charge is 0.573 e. The maximum Gasteiger partial charge on any atom is 0.573 e. The van der Waals surface area contributed by atoms with Gasteiger partial charge in [0.1, 0.15) is 11.4 Å². The summed E-state index contributed by atoms with van der Waals surface area (Å²) in [5, 5.41) is 8.97. The van der Waals surface area contributed by atoms with Crippen molar-refractivity contribution in [1.82, 2.24) is 19.4 Å². The molecule has 192 valence electrons. The Morgan fingerprint density at radius 3 is 2.51 bits per heavy atom. The van der Waals surface area contributed by atoms with E-state index in [2.05, 4.69) is 20.7 Å². The molecule has 1 amide bonds. The Balaban J connectivity index is 1.24. The van der Waals surface area contributed by atoms with Crippen molar-refractivity contribution < 1.29 is 22.7 Å². The van der Waals surface area contributed by atoms with Crippen molar-refractivity contribution in [3.8, 4) is 11.8 Å². The average molecular weight is 510 g/mol. The summed E-state index contributed by atoms with van der Waals surface area (Å²) in [6.07, 6.45) is -1.58. The van der Waals surface area contributed by atoms with Gasteiger partial charge in [-0.3, -0.25) is 9.69 Å². The predicted octanol–water partition coefficient (Wildman–Crippen LogP) is 4.21. The molecule has 1 aliphatic heterocycles. The lowest BCUT2D eigenvalue weighted by Crippen LogP contribution is -2.35. The number of aromatic nitrogens is 2. The Bertz CT molecular complexity index is 1300. The van der Waals surface area contributed by atoms with Crippen LogP contribution in [0.2, 0.25) is 0 Å². The van der Waals surface area contributed by atoms with Crippen molar-refractivity contribution in [3.05, 3.63) is 83.4 Å². The van der Waals surface area contributed by atoms with E-state index in [1.54, 1.807) is 35.1 Å². The first-order valence-electron chi connectivity index (χ1n) is 12.0. The standard InChI is InChI=1S/C27H26F3N5O2/c1-33-16-25(32-17-33)26(36)35(12-20-3-2-4-21(9-20)37-27(28,29)30)15-24-22-13-34(14-23(22)24)11-19-7-5-18(10-31)6-8-19/h2-9,16-17,22-24H,11-15H2,1H3. The second-order valence-corrected chi connectivity index (χ2v) is 9.80. The molecule has 37 heavy (non-hydrogen) atoms. The molecule has 1 aromatic heterocycles. The molecular formula is C27H26F3N5O2. The van der Waals surface area contributed by atoms with E-state index in [4.69, 9.17) is 5.26 Å². The summed E-state index contributed by atoms with van der Waals surface area (Å²) < 4.78 is 43.8. The lowest BCUT2D eigenvalue weighted by molar-refractivity contribution is -0.274. The number of halogens is 3. The van der Waals surface area contributed by atoms with Crippen LogP contribution in [0.1, 0.15) is 27.2 Å². The first kappa shape index (κ1) is 24.8. The molecule has 1 aliphatic carbocycles. The Labute approximate surface area is 212 Å². The molecule has 5 rings (SSSR count). The monoisotopic (exact) mass is 509 g/mol. The van der Waals surface area contributed by atoms with Crippen molar-refractivity contribution in [1.29, 1.82) is 5.26 Å². The minimum absolute atomic E-state index is 0.162. The van der Waals surface area contributed by atoms with Gasteiger partial charge in [0.05, 0.1) is 18.0 Å². The zero-order chi connectivity index (χ0) is 26.2. The lowest BCUT2D eigenvalue weighted by atomic mass is 10.1. The molecule has 2 aliphatic rings. The van der Waals surface area contributed by atoms with Crippen LogP contribution in [0.3, 0.4) is 0 Å². The van der Waals surface area contributed by atoms with Crippen LogP contribution in [0, 0.1) is 29.1 Å². The molecule has 2 aromatic carbocycles. The van der Waals surface area contributed by atoms with Crippen molar-refractivity contribution in [2.45, 2.75) is 19.5 Å². The highest BCUT2D eigenvalue weighted by atomic mass is 19.4. The summed E-state index contributed by atoms with van der Waals surface area (Å²) in [4.78, 5) is 21.6. The number of likely N-dealkylation sites (tertiary alicyclic amines) is 1. The van der Waals surface area contributed by atoms with Gasteiger partial charge in [0.25, 0.3) is 5.91 Å². The number of carbonyl (C=O) groups excluding carboxylic acids is 1. The quantitative estimate of drug-likeness (QED) is 0.455. The number of aryl methyl sites for hydroxylation is 1. The number of alkyl halides is 3. The van der Waals surface area contributed by atoms with Crippen LogP contribution in [0.4, 0.5) is 13.2 Å². The number of imidazole rings is 1. The first-order chi connectivity index (χ1) is 17.7. The lowest BCUT2D eigenvalue weighted by Gasteiger charge is -2.25.